The van der Waals surface area contributed by atoms with Crippen LogP contribution in [0, 0.1) is 0 Å². The number of hydrogen-bond donors (Lipinski definition) is 0. The third-order valence-corrected chi connectivity index (χ3v) is 6.06. The first-order chi connectivity index (χ1) is 10.0. The molecule has 1 heterocycles. The SMILES string of the molecule is COCCCCS(=O)(=O)N1CC[C@H](c2ccc(Cl)cc2)C1. The Labute approximate surface area is 132 Å². The van der Waals surface area contributed by atoms with E-state index in [9.17, 15) is 8.42 Å². The predicted octanol–water partition coefficient (Wildman–Crippen LogP) is 2.89. The Morgan fingerprint density at radius 1 is 1.29 bits per heavy atom. The maximum Gasteiger partial charge on any atom is 0.214 e. The van der Waals surface area contributed by atoms with Gasteiger partial charge in [0.1, 0.15) is 0 Å². The number of methoxy groups -OCH3 is 1. The van der Waals surface area contributed by atoms with Gasteiger partial charge in [-0.15, -0.1) is 0 Å². The Bertz CT molecular complexity index is 545. The molecule has 1 aliphatic heterocycles. The van der Waals surface area contributed by atoms with Crippen molar-refractivity contribution in [3.8, 4) is 0 Å². The molecule has 6 heteroatoms. The third-order valence-electron chi connectivity index (χ3n) is 3.89. The van der Waals surface area contributed by atoms with Gasteiger partial charge in [-0.3, -0.25) is 0 Å². The largest absolute Gasteiger partial charge is 0.385 e. The molecule has 4 nitrogen and oxygen atoms in total. The highest BCUT2D eigenvalue weighted by Gasteiger charge is 2.31. The Hall–Kier alpha value is -0.620. The predicted molar refractivity (Wildman–Crippen MR) is 85.3 cm³/mol. The van der Waals surface area contributed by atoms with Crippen LogP contribution < -0.4 is 0 Å². The monoisotopic (exact) mass is 331 g/mol. The summed E-state index contributed by atoms with van der Waals surface area (Å²) in [7, 11) is -1.51. The van der Waals surface area contributed by atoms with Gasteiger partial charge in [0.2, 0.25) is 10.0 Å². The van der Waals surface area contributed by atoms with Crippen LogP contribution in [0.5, 0.6) is 0 Å². The van der Waals surface area contributed by atoms with Gasteiger partial charge in [-0.25, -0.2) is 12.7 Å². The summed E-state index contributed by atoms with van der Waals surface area (Å²) in [4.78, 5) is 0. The highest BCUT2D eigenvalue weighted by atomic mass is 35.5. The minimum atomic E-state index is -3.14. The van der Waals surface area contributed by atoms with Crippen LogP contribution in [0.3, 0.4) is 0 Å². The maximum absolute atomic E-state index is 12.3. The van der Waals surface area contributed by atoms with E-state index in [1.165, 1.54) is 0 Å². The molecular formula is C15H22ClNO3S. The van der Waals surface area contributed by atoms with Crippen molar-refractivity contribution < 1.29 is 13.2 Å². The van der Waals surface area contributed by atoms with Gasteiger partial charge in [-0.1, -0.05) is 23.7 Å². The van der Waals surface area contributed by atoms with Gasteiger partial charge >= 0.3 is 0 Å². The topological polar surface area (TPSA) is 46.6 Å². The van der Waals surface area contributed by atoms with Crippen LogP contribution in [0.15, 0.2) is 24.3 Å². The first-order valence-electron chi connectivity index (χ1n) is 7.25. The van der Waals surface area contributed by atoms with E-state index in [1.54, 1.807) is 11.4 Å². The van der Waals surface area contributed by atoms with Crippen LogP contribution in [0.2, 0.25) is 5.02 Å². The first-order valence-corrected chi connectivity index (χ1v) is 9.24. The third kappa shape index (κ3) is 4.68. The van der Waals surface area contributed by atoms with Gasteiger partial charge in [0.15, 0.2) is 0 Å². The number of unbranched alkanes of at least 4 members (excludes halogenated alkanes) is 1. The van der Waals surface area contributed by atoms with Gasteiger partial charge in [0, 0.05) is 31.8 Å². The quantitative estimate of drug-likeness (QED) is 0.722. The molecule has 0 bridgehead atoms. The molecule has 1 aliphatic rings. The van der Waals surface area contributed by atoms with Gasteiger partial charge < -0.3 is 4.74 Å². The molecule has 0 spiro atoms. The zero-order valence-corrected chi connectivity index (χ0v) is 13.9. The lowest BCUT2D eigenvalue weighted by Crippen LogP contribution is -2.31. The summed E-state index contributed by atoms with van der Waals surface area (Å²) >= 11 is 5.89. The van der Waals surface area contributed by atoms with Crippen LogP contribution in [0.25, 0.3) is 0 Å². The molecule has 21 heavy (non-hydrogen) atoms. The van der Waals surface area contributed by atoms with Crippen molar-refractivity contribution in [3.05, 3.63) is 34.9 Å². The van der Waals surface area contributed by atoms with E-state index in [2.05, 4.69) is 0 Å². The van der Waals surface area contributed by atoms with Crippen molar-refractivity contribution in [2.24, 2.45) is 0 Å². The average Bonchev–Trinajstić information content (AvgIpc) is 2.95. The summed E-state index contributed by atoms with van der Waals surface area (Å²) in [6.07, 6.45) is 2.31. The van der Waals surface area contributed by atoms with E-state index in [1.807, 2.05) is 24.3 Å². The maximum atomic E-state index is 12.3. The minimum Gasteiger partial charge on any atom is -0.385 e. The number of ether oxygens (including phenoxy) is 1. The molecule has 0 aromatic heterocycles. The molecule has 1 aromatic carbocycles. The standard InChI is InChI=1S/C15H22ClNO3S/c1-20-10-2-3-11-21(18,19)17-9-8-14(12-17)13-4-6-15(16)7-5-13/h4-7,14H,2-3,8-12H2,1H3/t14-/m0/s1. The van der Waals surface area contributed by atoms with Crippen LogP contribution in [0.1, 0.15) is 30.7 Å². The van der Waals surface area contributed by atoms with Crippen molar-refractivity contribution in [2.75, 3.05) is 32.6 Å². The number of benzene rings is 1. The van der Waals surface area contributed by atoms with E-state index in [-0.39, 0.29) is 11.7 Å². The Morgan fingerprint density at radius 2 is 2.00 bits per heavy atom. The molecule has 1 saturated heterocycles. The average molecular weight is 332 g/mol. The minimum absolute atomic E-state index is 0.212. The van der Waals surface area contributed by atoms with Gasteiger partial charge in [0.05, 0.1) is 5.75 Å². The molecule has 0 radical (unpaired) electrons. The summed E-state index contributed by atoms with van der Waals surface area (Å²) < 4.78 is 31.2. The molecule has 1 atom stereocenters. The highest BCUT2D eigenvalue weighted by Crippen LogP contribution is 2.29. The molecule has 0 saturated carbocycles. The molecule has 0 aliphatic carbocycles. The summed E-state index contributed by atoms with van der Waals surface area (Å²) in [5.74, 6) is 0.486. The zero-order chi connectivity index (χ0) is 15.3. The van der Waals surface area contributed by atoms with Crippen LogP contribution >= 0.6 is 11.6 Å². The molecule has 1 aromatic rings. The van der Waals surface area contributed by atoms with Crippen LogP contribution in [-0.4, -0.2) is 45.3 Å². The molecule has 0 amide bonds. The number of sulfonamides is 1. The number of halogens is 1. The number of nitrogens with zero attached hydrogens (tertiary/aromatic N) is 1. The van der Waals surface area contributed by atoms with Gasteiger partial charge in [-0.05, 0) is 42.9 Å². The Kier molecular flexibility index (Phi) is 6.05. The molecule has 0 unspecified atom stereocenters. The second-order valence-electron chi connectivity index (χ2n) is 5.41. The van der Waals surface area contributed by atoms with E-state index in [4.69, 9.17) is 16.3 Å². The molecular weight excluding hydrogens is 310 g/mol. The van der Waals surface area contributed by atoms with E-state index >= 15 is 0 Å². The van der Waals surface area contributed by atoms with Crippen molar-refractivity contribution in [1.29, 1.82) is 0 Å². The Balaban J connectivity index is 1.90. The lowest BCUT2D eigenvalue weighted by molar-refractivity contribution is 0.194. The molecule has 118 valence electrons. The van der Waals surface area contributed by atoms with Crippen molar-refractivity contribution in [3.63, 3.8) is 0 Å². The normalized spacial score (nSPS) is 20.0. The van der Waals surface area contributed by atoms with Gasteiger partial charge in [0.25, 0.3) is 0 Å². The summed E-state index contributed by atoms with van der Waals surface area (Å²) in [6.45, 7) is 1.80. The fourth-order valence-electron chi connectivity index (χ4n) is 2.65. The smallest absolute Gasteiger partial charge is 0.214 e. The molecule has 2 rings (SSSR count). The number of hydrogen-bond acceptors (Lipinski definition) is 3. The lowest BCUT2D eigenvalue weighted by atomic mass is 9.99. The van der Waals surface area contributed by atoms with Crippen molar-refractivity contribution in [2.45, 2.75) is 25.2 Å². The van der Waals surface area contributed by atoms with E-state index in [0.29, 0.717) is 31.1 Å². The number of rotatable bonds is 7. The summed E-state index contributed by atoms with van der Waals surface area (Å²) in [5.41, 5.74) is 1.16. The van der Waals surface area contributed by atoms with E-state index < -0.39 is 10.0 Å². The van der Waals surface area contributed by atoms with Crippen molar-refractivity contribution >= 4 is 21.6 Å². The second-order valence-corrected chi connectivity index (χ2v) is 7.94. The van der Waals surface area contributed by atoms with Crippen LogP contribution in [-0.2, 0) is 14.8 Å². The Morgan fingerprint density at radius 3 is 2.67 bits per heavy atom. The van der Waals surface area contributed by atoms with Gasteiger partial charge in [-0.2, -0.15) is 0 Å². The second kappa shape index (κ2) is 7.58. The summed E-state index contributed by atoms with van der Waals surface area (Å²) in [6, 6.07) is 7.70. The molecule has 1 fully saturated rings. The lowest BCUT2D eigenvalue weighted by Gasteiger charge is -2.16. The summed E-state index contributed by atoms with van der Waals surface area (Å²) in [5, 5.41) is 0.708. The highest BCUT2D eigenvalue weighted by molar-refractivity contribution is 7.89. The first kappa shape index (κ1) is 16.7. The van der Waals surface area contributed by atoms with E-state index in [0.717, 1.165) is 18.4 Å². The van der Waals surface area contributed by atoms with Crippen LogP contribution in [0.4, 0.5) is 0 Å². The fraction of sp³-hybridized carbons (Fsp3) is 0.600. The molecule has 0 N–H and O–H groups in total. The zero-order valence-electron chi connectivity index (χ0n) is 12.3. The van der Waals surface area contributed by atoms with Crippen molar-refractivity contribution in [1.82, 2.24) is 4.31 Å². The fourth-order valence-corrected chi connectivity index (χ4v) is 4.39.